The summed E-state index contributed by atoms with van der Waals surface area (Å²) in [5.41, 5.74) is -0.245. The molecule has 3 aliphatic rings. The van der Waals surface area contributed by atoms with Crippen molar-refractivity contribution in [2.45, 2.75) is 57.0 Å². The van der Waals surface area contributed by atoms with Gasteiger partial charge >= 0.3 is 0 Å². The smallest absolute Gasteiger partial charge is 0.244 e. The number of carbonyl (C=O) groups excluding carboxylic acids is 1. The van der Waals surface area contributed by atoms with Gasteiger partial charge in [-0.1, -0.05) is 19.9 Å². The molecule has 4 rings (SSSR count). The highest BCUT2D eigenvalue weighted by Gasteiger charge is 2.64. The zero-order valence-electron chi connectivity index (χ0n) is 12.8. The quantitative estimate of drug-likeness (QED) is 0.933. The Morgan fingerprint density at radius 3 is 2.71 bits per heavy atom. The first kappa shape index (κ1) is 13.7. The summed E-state index contributed by atoms with van der Waals surface area (Å²) in [5.74, 6) is 0.300. The summed E-state index contributed by atoms with van der Waals surface area (Å²) < 4.78 is 5.56. The monoisotopic (exact) mass is 306 g/mol. The predicted molar refractivity (Wildman–Crippen MR) is 82.0 cm³/mol. The SMILES string of the molecule is COC1CC(N2C(=O)C3(CC3)NC2c2cccs2)C1(C)C. The average molecular weight is 306 g/mol. The van der Waals surface area contributed by atoms with Crippen LogP contribution >= 0.6 is 11.3 Å². The van der Waals surface area contributed by atoms with Crippen LogP contribution in [0.15, 0.2) is 17.5 Å². The van der Waals surface area contributed by atoms with Crippen LogP contribution in [-0.2, 0) is 9.53 Å². The number of ether oxygens (including phenoxy) is 1. The van der Waals surface area contributed by atoms with Crippen molar-refractivity contribution in [2.24, 2.45) is 5.41 Å². The lowest BCUT2D eigenvalue weighted by Gasteiger charge is -2.55. The lowest BCUT2D eigenvalue weighted by Crippen LogP contribution is -2.63. The second-order valence-corrected chi connectivity index (χ2v) is 8.13. The van der Waals surface area contributed by atoms with Gasteiger partial charge in [-0.15, -0.1) is 11.3 Å². The molecule has 1 aliphatic heterocycles. The maximum absolute atomic E-state index is 12.9. The molecule has 0 radical (unpaired) electrons. The van der Waals surface area contributed by atoms with Crippen LogP contribution in [0, 0.1) is 5.41 Å². The van der Waals surface area contributed by atoms with Gasteiger partial charge in [-0.3, -0.25) is 10.1 Å². The maximum atomic E-state index is 12.9. The number of nitrogens with zero attached hydrogens (tertiary/aromatic N) is 1. The summed E-state index contributed by atoms with van der Waals surface area (Å²) in [6.07, 6.45) is 3.18. The third kappa shape index (κ3) is 1.77. The van der Waals surface area contributed by atoms with Crippen molar-refractivity contribution in [1.29, 1.82) is 0 Å². The molecule has 3 fully saturated rings. The minimum absolute atomic E-state index is 0.0159. The Morgan fingerprint density at radius 2 is 2.19 bits per heavy atom. The van der Waals surface area contributed by atoms with E-state index in [0.29, 0.717) is 5.91 Å². The molecule has 1 spiro atoms. The average Bonchev–Trinajstić information content (AvgIpc) is 2.93. The van der Waals surface area contributed by atoms with Crippen molar-refractivity contribution in [2.75, 3.05) is 7.11 Å². The Hall–Kier alpha value is -0.910. The van der Waals surface area contributed by atoms with Gasteiger partial charge in [-0.05, 0) is 30.7 Å². The van der Waals surface area contributed by atoms with E-state index in [1.807, 2.05) is 0 Å². The van der Waals surface area contributed by atoms with Gasteiger partial charge in [-0.25, -0.2) is 0 Å². The Morgan fingerprint density at radius 1 is 1.43 bits per heavy atom. The molecule has 0 bridgehead atoms. The lowest BCUT2D eigenvalue weighted by atomic mass is 9.63. The van der Waals surface area contributed by atoms with Gasteiger partial charge in [0.15, 0.2) is 0 Å². The molecule has 3 unspecified atom stereocenters. The minimum Gasteiger partial charge on any atom is -0.381 e. The van der Waals surface area contributed by atoms with Crippen LogP contribution in [0.3, 0.4) is 0 Å². The zero-order valence-corrected chi connectivity index (χ0v) is 13.6. The molecule has 114 valence electrons. The first-order chi connectivity index (χ1) is 9.99. The highest BCUT2D eigenvalue weighted by Crippen LogP contribution is 2.54. The fraction of sp³-hybridized carbons (Fsp3) is 0.688. The van der Waals surface area contributed by atoms with E-state index < -0.39 is 0 Å². The van der Waals surface area contributed by atoms with E-state index in [2.05, 4.69) is 41.6 Å². The van der Waals surface area contributed by atoms with Crippen molar-refractivity contribution in [3.8, 4) is 0 Å². The molecule has 2 aliphatic carbocycles. The Kier molecular flexibility index (Phi) is 2.82. The van der Waals surface area contributed by atoms with Crippen molar-refractivity contribution >= 4 is 17.2 Å². The standard InChI is InChI=1S/C16H22N2O2S/c1-15(2)11(9-12(15)20-3)18-13(10-5-4-8-21-10)17-16(6-7-16)14(18)19/h4-5,8,11-13,17H,6-7,9H2,1-3H3. The molecule has 4 nitrogen and oxygen atoms in total. The molecule has 2 saturated carbocycles. The zero-order chi connectivity index (χ0) is 14.8. The highest BCUT2D eigenvalue weighted by atomic mass is 32.1. The van der Waals surface area contributed by atoms with Crippen LogP contribution in [0.25, 0.3) is 0 Å². The third-order valence-electron chi connectivity index (χ3n) is 5.64. The van der Waals surface area contributed by atoms with E-state index in [1.165, 1.54) is 4.88 Å². The molecule has 1 aromatic rings. The molecule has 3 atom stereocenters. The summed E-state index contributed by atoms with van der Waals surface area (Å²) in [6.45, 7) is 4.43. The first-order valence-corrected chi connectivity index (χ1v) is 8.54. The van der Waals surface area contributed by atoms with Gasteiger partial charge in [-0.2, -0.15) is 0 Å². The van der Waals surface area contributed by atoms with Crippen molar-refractivity contribution in [1.82, 2.24) is 10.2 Å². The first-order valence-electron chi connectivity index (χ1n) is 7.66. The van der Waals surface area contributed by atoms with Crippen LogP contribution in [0.4, 0.5) is 0 Å². The van der Waals surface area contributed by atoms with Crippen LogP contribution in [-0.4, -0.2) is 35.6 Å². The van der Waals surface area contributed by atoms with Crippen molar-refractivity contribution < 1.29 is 9.53 Å². The van der Waals surface area contributed by atoms with Crippen LogP contribution in [0.5, 0.6) is 0 Å². The van der Waals surface area contributed by atoms with Crippen molar-refractivity contribution in [3.63, 3.8) is 0 Å². The normalized spacial score (nSPS) is 36.0. The molecular formula is C16H22N2O2S. The van der Waals surface area contributed by atoms with E-state index in [-0.39, 0.29) is 29.3 Å². The number of carbonyl (C=O) groups is 1. The Bertz CT molecular complexity index is 565. The van der Waals surface area contributed by atoms with Gasteiger partial charge in [0.05, 0.1) is 6.10 Å². The second-order valence-electron chi connectivity index (χ2n) is 7.15. The molecule has 2 heterocycles. The molecule has 1 amide bonds. The van der Waals surface area contributed by atoms with E-state index >= 15 is 0 Å². The molecule has 5 heteroatoms. The van der Waals surface area contributed by atoms with Crippen molar-refractivity contribution in [3.05, 3.63) is 22.4 Å². The number of thiophene rings is 1. The summed E-state index contributed by atoms with van der Waals surface area (Å²) in [4.78, 5) is 16.3. The third-order valence-corrected chi connectivity index (χ3v) is 6.57. The van der Waals surface area contributed by atoms with Crippen LogP contribution in [0.2, 0.25) is 0 Å². The Balaban J connectivity index is 1.67. The topological polar surface area (TPSA) is 41.6 Å². The Labute approximate surface area is 129 Å². The molecular weight excluding hydrogens is 284 g/mol. The number of hydrogen-bond donors (Lipinski definition) is 1. The molecule has 1 saturated heterocycles. The van der Waals surface area contributed by atoms with Crippen LogP contribution in [0.1, 0.15) is 44.2 Å². The van der Waals surface area contributed by atoms with E-state index in [0.717, 1.165) is 19.3 Å². The molecule has 1 N–H and O–H groups in total. The summed E-state index contributed by atoms with van der Waals surface area (Å²) in [5, 5.41) is 5.69. The fourth-order valence-corrected chi connectivity index (χ4v) is 4.73. The second kappa shape index (κ2) is 4.31. The summed E-state index contributed by atoms with van der Waals surface area (Å²) in [6, 6.07) is 4.45. The largest absolute Gasteiger partial charge is 0.381 e. The summed E-state index contributed by atoms with van der Waals surface area (Å²) >= 11 is 1.73. The number of amides is 1. The number of rotatable bonds is 3. The molecule has 21 heavy (non-hydrogen) atoms. The van der Waals surface area contributed by atoms with Crippen LogP contribution < -0.4 is 5.32 Å². The van der Waals surface area contributed by atoms with E-state index in [4.69, 9.17) is 4.74 Å². The molecule has 1 aromatic heterocycles. The highest BCUT2D eigenvalue weighted by molar-refractivity contribution is 7.10. The minimum atomic E-state index is -0.261. The predicted octanol–water partition coefficient (Wildman–Crippen LogP) is 2.52. The fourth-order valence-electron chi connectivity index (χ4n) is 3.95. The van der Waals surface area contributed by atoms with E-state index in [9.17, 15) is 4.79 Å². The van der Waals surface area contributed by atoms with E-state index in [1.54, 1.807) is 18.4 Å². The van der Waals surface area contributed by atoms with Gasteiger partial charge in [0.25, 0.3) is 0 Å². The lowest BCUT2D eigenvalue weighted by molar-refractivity contribution is -0.163. The number of methoxy groups -OCH3 is 1. The van der Waals surface area contributed by atoms with Gasteiger partial charge in [0, 0.05) is 23.4 Å². The van der Waals surface area contributed by atoms with Gasteiger partial charge in [0.1, 0.15) is 11.7 Å². The van der Waals surface area contributed by atoms with Gasteiger partial charge in [0.2, 0.25) is 5.91 Å². The number of hydrogen-bond acceptors (Lipinski definition) is 4. The summed E-state index contributed by atoms with van der Waals surface area (Å²) in [7, 11) is 1.77. The maximum Gasteiger partial charge on any atom is 0.244 e. The van der Waals surface area contributed by atoms with Gasteiger partial charge < -0.3 is 9.64 Å². The molecule has 0 aromatic carbocycles. The number of nitrogens with one attached hydrogen (secondary N) is 1.